The molecule has 1 saturated heterocycles. The number of carbonyl (C=O) groups is 4. The second-order valence-electron chi connectivity index (χ2n) is 12.5. The number of aliphatic hydroxyl groups is 3. The van der Waals surface area contributed by atoms with Gasteiger partial charge in [0.15, 0.2) is 11.6 Å². The van der Waals surface area contributed by atoms with Gasteiger partial charge in [-0.2, -0.15) is 0 Å². The van der Waals surface area contributed by atoms with E-state index in [-0.39, 0.29) is 16.7 Å². The molecule has 45 heavy (non-hydrogen) atoms. The number of amides is 1. The molecule has 0 saturated carbocycles. The highest BCUT2D eigenvalue weighted by atomic mass is 16.6. The average molecular weight is 624 g/mol. The first-order valence-corrected chi connectivity index (χ1v) is 15.0. The summed E-state index contributed by atoms with van der Waals surface area (Å²) < 4.78 is 5.75. The molecule has 9 atom stereocenters. The Morgan fingerprint density at radius 2 is 1.29 bits per heavy atom. The first-order chi connectivity index (χ1) is 21.0. The monoisotopic (exact) mass is 623 g/mol. The highest BCUT2D eigenvalue weighted by Gasteiger charge is 2.47. The summed E-state index contributed by atoms with van der Waals surface area (Å²) in [6, 6.07) is 0. The van der Waals surface area contributed by atoms with E-state index in [0.29, 0.717) is 0 Å². The van der Waals surface area contributed by atoms with Gasteiger partial charge in [-0.3, -0.25) is 19.2 Å². The molecule has 242 valence electrons. The van der Waals surface area contributed by atoms with Crippen LogP contribution in [0.2, 0.25) is 0 Å². The minimum atomic E-state index is -1.07. The number of nitrogens with one attached hydrogen (secondary N) is 1. The van der Waals surface area contributed by atoms with Crippen molar-refractivity contribution >= 4 is 23.3 Å². The van der Waals surface area contributed by atoms with Gasteiger partial charge >= 0.3 is 0 Å². The van der Waals surface area contributed by atoms with Gasteiger partial charge in [-0.15, -0.1) is 0 Å². The molecule has 11 heteroatoms. The largest absolute Gasteiger partial charge is 0.507 e. The molecule has 3 heterocycles. The van der Waals surface area contributed by atoms with Crippen LogP contribution >= 0.6 is 0 Å². The van der Waals surface area contributed by atoms with Gasteiger partial charge < -0.3 is 35.6 Å². The van der Waals surface area contributed by atoms with Gasteiger partial charge in [0.05, 0.1) is 46.8 Å². The third kappa shape index (κ3) is 6.30. The Balaban J connectivity index is 1.81. The van der Waals surface area contributed by atoms with E-state index in [1.807, 2.05) is 0 Å². The zero-order valence-electron chi connectivity index (χ0n) is 26.4. The third-order valence-electron chi connectivity index (χ3n) is 9.36. The predicted octanol–water partition coefficient (Wildman–Crippen LogP) is 2.82. The van der Waals surface area contributed by atoms with Crippen molar-refractivity contribution in [1.29, 1.82) is 0 Å². The number of phenols is 2. The Bertz CT molecular complexity index is 1570. The number of hydrogen-bond donors (Lipinski definition) is 6. The van der Waals surface area contributed by atoms with Crippen molar-refractivity contribution in [2.24, 2.45) is 23.7 Å². The van der Waals surface area contributed by atoms with Crippen LogP contribution in [0.4, 0.5) is 0 Å². The standard InChI is InChI=1S/C34H41NO10/c1-13-9-8-10-14(2)34(44)35-20-12-21(36)23-24(30(41)18(6)31(42)25(23)32(20)43)27(38)15(3)11-22-33(45-22)19(7)29(40)17(5)28(39)16(4)26(13)37/h8-13,16-17,19,22,26,28-29,33,37,39-42H,1-7H3,(H,35,44)/b9-8+,14-10-,15-11+/t13-,16+,17+,19-,22?,26-,28+,29-,33?/m0/s1. The van der Waals surface area contributed by atoms with Gasteiger partial charge in [0.2, 0.25) is 5.78 Å². The normalized spacial score (nSPS) is 36.2. The van der Waals surface area contributed by atoms with Crippen molar-refractivity contribution < 1.29 is 49.4 Å². The molecule has 0 aromatic heterocycles. The molecule has 1 amide bonds. The number of allylic oxidation sites excluding steroid dienone is 5. The Labute approximate surface area is 261 Å². The number of benzene rings is 1. The molecule has 11 nitrogen and oxygen atoms in total. The lowest BCUT2D eigenvalue weighted by atomic mass is 9.78. The zero-order chi connectivity index (χ0) is 33.7. The number of carbonyl (C=O) groups excluding carboxylic acids is 4. The number of aliphatic hydroxyl groups excluding tert-OH is 3. The van der Waals surface area contributed by atoms with Crippen molar-refractivity contribution in [2.45, 2.75) is 79.0 Å². The van der Waals surface area contributed by atoms with E-state index in [4.69, 9.17) is 4.74 Å². The summed E-state index contributed by atoms with van der Waals surface area (Å²) in [7, 11) is 0. The van der Waals surface area contributed by atoms with Crippen LogP contribution in [-0.2, 0) is 9.53 Å². The van der Waals surface area contributed by atoms with E-state index in [2.05, 4.69) is 5.32 Å². The molecule has 1 aromatic carbocycles. The Morgan fingerprint density at radius 3 is 1.91 bits per heavy atom. The molecule has 1 aromatic rings. The molecule has 4 bridgehead atoms. The summed E-state index contributed by atoms with van der Waals surface area (Å²) in [4.78, 5) is 53.4. The van der Waals surface area contributed by atoms with Gasteiger partial charge in [0, 0.05) is 40.9 Å². The van der Waals surface area contributed by atoms with E-state index in [0.717, 1.165) is 6.08 Å². The summed E-state index contributed by atoms with van der Waals surface area (Å²) in [5.41, 5.74) is -1.82. The van der Waals surface area contributed by atoms with E-state index < -0.39 is 111 Å². The average Bonchev–Trinajstić information content (AvgIpc) is 3.77. The summed E-state index contributed by atoms with van der Waals surface area (Å²) in [6.07, 6.45) is 2.82. The first kappa shape index (κ1) is 34.0. The molecule has 6 N–H and O–H groups in total. The van der Waals surface area contributed by atoms with Crippen molar-refractivity contribution in [3.63, 3.8) is 0 Å². The van der Waals surface area contributed by atoms with Crippen LogP contribution in [0.5, 0.6) is 11.5 Å². The second-order valence-corrected chi connectivity index (χ2v) is 12.5. The highest BCUT2D eigenvalue weighted by molar-refractivity contribution is 6.31. The topological polar surface area (TPSA) is 194 Å². The van der Waals surface area contributed by atoms with Crippen molar-refractivity contribution in [1.82, 2.24) is 5.32 Å². The fourth-order valence-corrected chi connectivity index (χ4v) is 6.07. The minimum Gasteiger partial charge on any atom is -0.507 e. The van der Waals surface area contributed by atoms with Gasteiger partial charge in [0.25, 0.3) is 5.91 Å². The molecule has 2 unspecified atom stereocenters. The van der Waals surface area contributed by atoms with Crippen molar-refractivity contribution in [3.8, 4) is 11.5 Å². The highest BCUT2D eigenvalue weighted by Crippen LogP contribution is 2.42. The minimum absolute atomic E-state index is 0.0839. The number of fused-ring (bicyclic) bond motifs is 12. The Kier molecular flexibility index (Phi) is 9.70. The van der Waals surface area contributed by atoms with Crippen LogP contribution in [0.25, 0.3) is 0 Å². The fourth-order valence-electron chi connectivity index (χ4n) is 6.07. The maximum absolute atomic E-state index is 13.7. The summed E-state index contributed by atoms with van der Waals surface area (Å²) in [5, 5.41) is 57.2. The second kappa shape index (κ2) is 12.8. The van der Waals surface area contributed by atoms with Gasteiger partial charge in [-0.25, -0.2) is 0 Å². The summed E-state index contributed by atoms with van der Waals surface area (Å²) >= 11 is 0. The summed E-state index contributed by atoms with van der Waals surface area (Å²) in [6.45, 7) is 11.1. The number of hydrogen-bond acceptors (Lipinski definition) is 10. The quantitative estimate of drug-likeness (QED) is 0.234. The lowest BCUT2D eigenvalue weighted by Gasteiger charge is -2.34. The number of ketones is 3. The molecule has 4 aliphatic rings. The van der Waals surface area contributed by atoms with Crippen molar-refractivity contribution in [3.05, 3.63) is 69.5 Å². The lowest BCUT2D eigenvalue weighted by molar-refractivity contribution is -0.116. The van der Waals surface area contributed by atoms with Crippen LogP contribution in [0.3, 0.4) is 0 Å². The van der Waals surface area contributed by atoms with E-state index in [1.165, 1.54) is 32.9 Å². The van der Waals surface area contributed by atoms with Crippen LogP contribution in [0, 0.1) is 30.6 Å². The molecule has 1 aliphatic carbocycles. The number of aromatic hydroxyl groups is 2. The number of epoxide rings is 1. The van der Waals surface area contributed by atoms with E-state index in [9.17, 15) is 44.7 Å². The van der Waals surface area contributed by atoms with Crippen LogP contribution < -0.4 is 5.32 Å². The van der Waals surface area contributed by atoms with E-state index >= 15 is 0 Å². The third-order valence-corrected chi connectivity index (χ3v) is 9.36. The van der Waals surface area contributed by atoms with Gasteiger partial charge in [0.1, 0.15) is 17.6 Å². The van der Waals surface area contributed by atoms with Crippen LogP contribution in [-0.4, -0.2) is 79.3 Å². The maximum Gasteiger partial charge on any atom is 0.251 e. The van der Waals surface area contributed by atoms with Gasteiger partial charge in [-0.1, -0.05) is 45.9 Å². The Morgan fingerprint density at radius 1 is 0.733 bits per heavy atom. The van der Waals surface area contributed by atoms with Gasteiger partial charge in [-0.05, 0) is 32.4 Å². The zero-order valence-corrected chi connectivity index (χ0v) is 26.4. The van der Waals surface area contributed by atoms with E-state index in [1.54, 1.807) is 39.8 Å². The lowest BCUT2D eigenvalue weighted by Crippen LogP contribution is -2.43. The molecule has 0 radical (unpaired) electrons. The molecular formula is C34H41NO10. The first-order valence-electron chi connectivity index (χ1n) is 15.0. The summed E-state index contributed by atoms with van der Waals surface area (Å²) in [5.74, 6) is -6.81. The van der Waals surface area contributed by atoms with Crippen LogP contribution in [0.15, 0.2) is 47.2 Å². The molecule has 1 fully saturated rings. The fraction of sp³-hybridized carbons (Fsp3) is 0.471. The molecular weight excluding hydrogens is 582 g/mol. The number of Topliss-reactive ketones (excluding diaryl/α,β-unsaturated/α-hetero) is 2. The predicted molar refractivity (Wildman–Crippen MR) is 164 cm³/mol. The van der Waals surface area contributed by atoms with Crippen molar-refractivity contribution in [2.75, 3.05) is 0 Å². The molecule has 3 aliphatic heterocycles. The number of ether oxygens (including phenoxy) is 1. The number of phenolic OH excluding ortho intramolecular Hbond substituents is 2. The molecule has 5 rings (SSSR count). The smallest absolute Gasteiger partial charge is 0.251 e. The maximum atomic E-state index is 13.7. The number of rotatable bonds is 0. The molecule has 0 spiro atoms. The van der Waals surface area contributed by atoms with Crippen LogP contribution in [0.1, 0.15) is 78.2 Å². The SMILES string of the molecule is C/C1=C/C=C/[C@H](C)[C@H](O)[C@@H](C)[C@@H](O)[C@@H](C)[C@H](O)[C@H](C)C2OC2/C=C(\C)C(=O)c2c(O)c(C)c(O)c3c2C(=O)C=C(NC1=O)C3=O. The Hall–Kier alpha value is -3.90.